The zero-order valence-corrected chi connectivity index (χ0v) is 13.0. The van der Waals surface area contributed by atoms with E-state index in [-0.39, 0.29) is 24.8 Å². The lowest BCUT2D eigenvalue weighted by molar-refractivity contribution is -0.135. The van der Waals surface area contributed by atoms with Crippen molar-refractivity contribution in [3.8, 4) is 11.8 Å². The Morgan fingerprint density at radius 1 is 1.26 bits per heavy atom. The highest BCUT2D eigenvalue weighted by Gasteiger charge is 2.23. The number of para-hydroxylation sites is 1. The Morgan fingerprint density at radius 3 is 2.61 bits per heavy atom. The molecule has 1 saturated heterocycles. The van der Waals surface area contributed by atoms with Gasteiger partial charge in [-0.1, -0.05) is 18.2 Å². The quantitative estimate of drug-likeness (QED) is 0.858. The van der Waals surface area contributed by atoms with Crippen LogP contribution in [0.4, 0.5) is 0 Å². The smallest absolute Gasteiger partial charge is 0.260 e. The Labute approximate surface area is 136 Å². The minimum absolute atomic E-state index is 0.0131. The Morgan fingerprint density at radius 2 is 1.96 bits per heavy atom. The van der Waals surface area contributed by atoms with Gasteiger partial charge < -0.3 is 15.0 Å². The molecule has 6 heteroatoms. The lowest BCUT2D eigenvalue weighted by Gasteiger charge is -2.32. The molecule has 122 valence electrons. The van der Waals surface area contributed by atoms with Crippen molar-refractivity contribution in [3.63, 3.8) is 0 Å². The maximum absolute atomic E-state index is 12.1. The number of nitriles is 1. The molecule has 0 spiro atoms. The summed E-state index contributed by atoms with van der Waals surface area (Å²) in [5.41, 5.74) is 0. The van der Waals surface area contributed by atoms with Crippen molar-refractivity contribution in [1.82, 2.24) is 10.2 Å². The van der Waals surface area contributed by atoms with E-state index in [9.17, 15) is 9.59 Å². The average Bonchev–Trinajstić information content (AvgIpc) is 2.59. The van der Waals surface area contributed by atoms with Crippen LogP contribution in [0.15, 0.2) is 30.3 Å². The van der Waals surface area contributed by atoms with Gasteiger partial charge in [-0.2, -0.15) is 5.26 Å². The predicted octanol–water partition coefficient (Wildman–Crippen LogP) is 1.33. The molecular formula is C17H21N3O3. The van der Waals surface area contributed by atoms with E-state index in [1.807, 2.05) is 36.4 Å². The molecule has 1 N–H and O–H groups in total. The lowest BCUT2D eigenvalue weighted by Crippen LogP contribution is -2.43. The number of hydrogen-bond donors (Lipinski definition) is 1. The van der Waals surface area contributed by atoms with Gasteiger partial charge in [0.25, 0.3) is 5.91 Å². The van der Waals surface area contributed by atoms with Crippen LogP contribution in [-0.4, -0.2) is 43.0 Å². The summed E-state index contributed by atoms with van der Waals surface area (Å²) >= 11 is 0. The number of likely N-dealkylation sites (tertiary alicyclic amines) is 1. The molecule has 0 aliphatic carbocycles. The first-order valence-electron chi connectivity index (χ1n) is 7.78. The topological polar surface area (TPSA) is 82.4 Å². The van der Waals surface area contributed by atoms with Gasteiger partial charge in [0.05, 0.1) is 6.07 Å². The summed E-state index contributed by atoms with van der Waals surface area (Å²) in [6.07, 6.45) is 1.60. The summed E-state index contributed by atoms with van der Waals surface area (Å²) in [6.45, 7) is 1.97. The predicted molar refractivity (Wildman–Crippen MR) is 84.5 cm³/mol. The average molecular weight is 315 g/mol. The van der Waals surface area contributed by atoms with Crippen LogP contribution >= 0.6 is 0 Å². The van der Waals surface area contributed by atoms with Gasteiger partial charge in [0.1, 0.15) is 12.2 Å². The van der Waals surface area contributed by atoms with Crippen molar-refractivity contribution in [1.29, 1.82) is 5.26 Å². The van der Waals surface area contributed by atoms with E-state index in [1.165, 1.54) is 0 Å². The number of carbonyl (C=O) groups is 2. The molecule has 2 rings (SSSR count). The molecule has 0 unspecified atom stereocenters. The molecule has 0 radical (unpaired) electrons. The molecule has 23 heavy (non-hydrogen) atoms. The minimum atomic E-state index is -0.234. The highest BCUT2D eigenvalue weighted by atomic mass is 16.5. The summed E-state index contributed by atoms with van der Waals surface area (Å²) in [7, 11) is 0. The summed E-state index contributed by atoms with van der Waals surface area (Å²) in [5.74, 6) is 0.802. The summed E-state index contributed by atoms with van der Waals surface area (Å²) < 4.78 is 5.47. The molecule has 0 atom stereocenters. The molecule has 1 aliphatic rings. The van der Waals surface area contributed by atoms with Crippen molar-refractivity contribution in [3.05, 3.63) is 30.3 Å². The van der Waals surface area contributed by atoms with Crippen molar-refractivity contribution in [2.24, 2.45) is 5.92 Å². The molecule has 2 amide bonds. The van der Waals surface area contributed by atoms with Crippen LogP contribution in [0, 0.1) is 17.2 Å². The van der Waals surface area contributed by atoms with Gasteiger partial charge in [-0.15, -0.1) is 0 Å². The van der Waals surface area contributed by atoms with Crippen molar-refractivity contribution < 1.29 is 14.3 Å². The maximum Gasteiger partial charge on any atom is 0.260 e. The first-order chi connectivity index (χ1) is 11.2. The van der Waals surface area contributed by atoms with Gasteiger partial charge in [0.2, 0.25) is 5.91 Å². The van der Waals surface area contributed by atoms with Crippen LogP contribution in [0.3, 0.4) is 0 Å². The second kappa shape index (κ2) is 8.79. The molecule has 1 aromatic carbocycles. The molecule has 0 bridgehead atoms. The number of nitrogens with one attached hydrogen (secondary N) is 1. The molecule has 1 aromatic rings. The zero-order valence-electron chi connectivity index (χ0n) is 13.0. The molecular weight excluding hydrogens is 294 g/mol. The van der Waals surface area contributed by atoms with E-state index >= 15 is 0 Å². The number of hydrogen-bond acceptors (Lipinski definition) is 4. The number of amides is 2. The number of rotatable bonds is 6. The number of nitrogens with zero attached hydrogens (tertiary/aromatic N) is 2. The third-order valence-electron chi connectivity index (χ3n) is 3.90. The van der Waals surface area contributed by atoms with Crippen molar-refractivity contribution in [2.45, 2.75) is 19.3 Å². The highest BCUT2D eigenvalue weighted by Crippen LogP contribution is 2.17. The highest BCUT2D eigenvalue weighted by molar-refractivity contribution is 5.78. The molecule has 1 fully saturated rings. The summed E-state index contributed by atoms with van der Waals surface area (Å²) in [4.78, 5) is 25.2. The van der Waals surface area contributed by atoms with Crippen LogP contribution in [0.25, 0.3) is 0 Å². The van der Waals surface area contributed by atoms with Crippen molar-refractivity contribution >= 4 is 11.8 Å². The number of benzene rings is 1. The van der Waals surface area contributed by atoms with Crippen LogP contribution in [0.2, 0.25) is 0 Å². The zero-order chi connectivity index (χ0) is 16.5. The van der Waals surface area contributed by atoms with E-state index in [0.717, 1.165) is 12.8 Å². The van der Waals surface area contributed by atoms with Crippen LogP contribution in [0.5, 0.6) is 5.75 Å². The molecule has 0 saturated carbocycles. The maximum atomic E-state index is 12.1. The van der Waals surface area contributed by atoms with E-state index in [4.69, 9.17) is 10.00 Å². The van der Waals surface area contributed by atoms with Gasteiger partial charge in [0.15, 0.2) is 6.61 Å². The van der Waals surface area contributed by atoms with Gasteiger partial charge in [-0.25, -0.2) is 0 Å². The molecule has 1 heterocycles. The summed E-state index contributed by atoms with van der Waals surface area (Å²) in [6, 6.07) is 11.1. The lowest BCUT2D eigenvalue weighted by atomic mass is 9.96. The fraction of sp³-hybridized carbons (Fsp3) is 0.471. The Kier molecular flexibility index (Phi) is 6.42. The Bertz CT molecular complexity index is 560. The first-order valence-corrected chi connectivity index (χ1v) is 7.78. The second-order valence-corrected chi connectivity index (χ2v) is 5.56. The molecule has 1 aliphatic heterocycles. The first kappa shape index (κ1) is 16.8. The van der Waals surface area contributed by atoms with Crippen LogP contribution < -0.4 is 10.1 Å². The van der Waals surface area contributed by atoms with Crippen LogP contribution in [-0.2, 0) is 9.59 Å². The largest absolute Gasteiger partial charge is 0.484 e. The second-order valence-electron chi connectivity index (χ2n) is 5.56. The molecule has 6 nitrogen and oxygen atoms in total. The number of ether oxygens (including phenoxy) is 1. The monoisotopic (exact) mass is 315 g/mol. The van der Waals surface area contributed by atoms with Gasteiger partial charge >= 0.3 is 0 Å². The van der Waals surface area contributed by atoms with E-state index in [0.29, 0.717) is 31.3 Å². The Balaban J connectivity index is 1.66. The van der Waals surface area contributed by atoms with Gasteiger partial charge in [0, 0.05) is 19.6 Å². The fourth-order valence-corrected chi connectivity index (χ4v) is 2.53. The third-order valence-corrected chi connectivity index (χ3v) is 3.90. The minimum Gasteiger partial charge on any atom is -0.484 e. The summed E-state index contributed by atoms with van der Waals surface area (Å²) in [5, 5.41) is 11.2. The SMILES string of the molecule is N#CCC(=O)NCC1CCN(C(=O)COc2ccccc2)CC1. The van der Waals surface area contributed by atoms with Crippen LogP contribution in [0.1, 0.15) is 19.3 Å². The van der Waals surface area contributed by atoms with Gasteiger partial charge in [-0.05, 0) is 30.9 Å². The Hall–Kier alpha value is -2.55. The van der Waals surface area contributed by atoms with E-state index < -0.39 is 0 Å². The number of carbonyl (C=O) groups excluding carboxylic acids is 2. The normalized spacial score (nSPS) is 14.8. The van der Waals surface area contributed by atoms with E-state index in [2.05, 4.69) is 5.32 Å². The van der Waals surface area contributed by atoms with Gasteiger partial charge in [-0.3, -0.25) is 9.59 Å². The standard InChI is InChI=1S/C17H21N3O3/c18-9-6-16(21)19-12-14-7-10-20(11-8-14)17(22)13-23-15-4-2-1-3-5-15/h1-5,14H,6-8,10-13H2,(H,19,21). The fourth-order valence-electron chi connectivity index (χ4n) is 2.53. The van der Waals surface area contributed by atoms with Crippen molar-refractivity contribution in [2.75, 3.05) is 26.2 Å². The van der Waals surface area contributed by atoms with E-state index in [1.54, 1.807) is 4.90 Å². The molecule has 0 aromatic heterocycles. The number of piperidine rings is 1. The third kappa shape index (κ3) is 5.62.